The lowest BCUT2D eigenvalue weighted by molar-refractivity contribution is -0.659. The number of hydrogen-bond acceptors (Lipinski definition) is 0. The zero-order valence-corrected chi connectivity index (χ0v) is 15.4. The van der Waals surface area contributed by atoms with Crippen LogP contribution < -0.4 is 9.75 Å². The first-order valence-corrected chi connectivity index (χ1v) is 11.1. The van der Waals surface area contributed by atoms with E-state index in [0.29, 0.717) is 0 Å². The van der Waals surface area contributed by atoms with E-state index in [1.165, 1.54) is 22.0 Å². The molecule has 21 heavy (non-hydrogen) atoms. The molecular weight excluding hydrogens is 270 g/mol. The van der Waals surface area contributed by atoms with E-state index in [2.05, 4.69) is 74.7 Å². The van der Waals surface area contributed by atoms with Crippen LogP contribution in [0.5, 0.6) is 0 Å². The van der Waals surface area contributed by atoms with E-state index >= 15 is 0 Å². The molecule has 112 valence electrons. The van der Waals surface area contributed by atoms with Gasteiger partial charge in [-0.15, -0.1) is 0 Å². The van der Waals surface area contributed by atoms with E-state index in [0.717, 1.165) is 5.56 Å². The first-order chi connectivity index (χ1) is 10.00. The number of pyridine rings is 1. The minimum Gasteiger partial charge on any atom is -0.201 e. The van der Waals surface area contributed by atoms with Crippen LogP contribution in [-0.2, 0) is 7.05 Å². The summed E-state index contributed by atoms with van der Waals surface area (Å²) >= 11 is 0. The van der Waals surface area contributed by atoms with Crippen molar-refractivity contribution < 1.29 is 5.94 Å². The molecule has 0 N–H and O–H groups in total. The maximum absolute atomic E-state index is 8.18. The fourth-order valence-electron chi connectivity index (χ4n) is 2.59. The Hall–Kier alpha value is -1.41. The molecule has 0 spiro atoms. The first-order valence-electron chi connectivity index (χ1n) is 8.12. The second-order valence-electron chi connectivity index (χ2n) is 7.19. The lowest BCUT2D eigenvalue weighted by Gasteiger charge is -2.15. The van der Waals surface area contributed by atoms with Gasteiger partial charge in [0.25, 0.3) is 0 Å². The Bertz CT molecular complexity index is 632. The fraction of sp³-hybridized carbons (Fsp3) is 0.421. The van der Waals surface area contributed by atoms with E-state index in [1.807, 2.05) is 13.8 Å². The molecule has 0 aliphatic carbocycles. The Balaban J connectivity index is 2.49. The van der Waals surface area contributed by atoms with Crippen molar-refractivity contribution in [2.75, 3.05) is 0 Å². The summed E-state index contributed by atoms with van der Waals surface area (Å²) in [6.45, 7) is 13.1. The van der Waals surface area contributed by atoms with Gasteiger partial charge >= 0.3 is 0 Å². The van der Waals surface area contributed by atoms with Crippen LogP contribution in [0.3, 0.4) is 0 Å². The van der Waals surface area contributed by atoms with E-state index in [1.54, 1.807) is 0 Å². The van der Waals surface area contributed by atoms with Crippen LogP contribution in [0.1, 0.15) is 32.2 Å². The minimum absolute atomic E-state index is 0.548. The smallest absolute Gasteiger partial charge is 0.201 e. The van der Waals surface area contributed by atoms with Crippen LogP contribution in [0.2, 0.25) is 19.6 Å². The van der Waals surface area contributed by atoms with Crippen molar-refractivity contribution in [1.82, 2.24) is 0 Å². The Morgan fingerprint density at radius 1 is 1.10 bits per heavy atom. The van der Waals surface area contributed by atoms with Crippen molar-refractivity contribution in [3.63, 3.8) is 0 Å². The molecule has 0 saturated carbocycles. The number of aromatic nitrogens is 1. The molecule has 1 aromatic heterocycles. The summed E-state index contributed by atoms with van der Waals surface area (Å²) in [6, 6.07) is 10.9. The Kier molecular flexibility index (Phi) is 3.98. The normalized spacial score (nSPS) is 13.2. The molecule has 0 saturated heterocycles. The van der Waals surface area contributed by atoms with Gasteiger partial charge in [-0.3, -0.25) is 0 Å². The van der Waals surface area contributed by atoms with Crippen LogP contribution in [0, 0.1) is 6.92 Å². The van der Waals surface area contributed by atoms with Gasteiger partial charge in [-0.05, 0) is 30.0 Å². The maximum atomic E-state index is 8.18. The Labute approximate surface area is 132 Å². The third kappa shape index (κ3) is 3.43. The summed E-state index contributed by atoms with van der Waals surface area (Å²) < 4.78 is 10.4. The van der Waals surface area contributed by atoms with Crippen molar-refractivity contribution >= 4 is 13.3 Å². The molecule has 1 aromatic carbocycles. The van der Waals surface area contributed by atoms with Gasteiger partial charge in [-0.2, -0.15) is 0 Å². The highest BCUT2D eigenvalue weighted by atomic mass is 28.3. The third-order valence-corrected chi connectivity index (χ3v) is 6.11. The van der Waals surface area contributed by atoms with Crippen LogP contribution in [0.15, 0.2) is 36.5 Å². The standard InChI is InChI=1S/C19H28NSi/c1-14(2)16-8-10-18(15(3)12-16)19-11-9-17(13-20(19)4)21(5,6)7/h8-14H,1-7H3/q+1/i14D. The molecule has 2 rings (SSSR count). The average molecular weight is 300 g/mol. The quantitative estimate of drug-likeness (QED) is 0.592. The second-order valence-corrected chi connectivity index (χ2v) is 12.3. The van der Waals surface area contributed by atoms with Crippen molar-refractivity contribution in [2.45, 2.75) is 46.3 Å². The molecule has 0 unspecified atom stereocenters. The number of rotatable bonds is 3. The van der Waals surface area contributed by atoms with Gasteiger partial charge in [-0.25, -0.2) is 4.57 Å². The SMILES string of the molecule is [2H]C(C)(C)c1ccc(-c2ccc([Si](C)(C)C)c[n+]2C)c(C)c1. The fourth-order valence-corrected chi connectivity index (χ4v) is 3.76. The van der Waals surface area contributed by atoms with Gasteiger partial charge in [-0.1, -0.05) is 51.7 Å². The molecule has 0 aliphatic heterocycles. The van der Waals surface area contributed by atoms with Crippen molar-refractivity contribution in [3.05, 3.63) is 47.7 Å². The summed E-state index contributed by atoms with van der Waals surface area (Å²) in [4.78, 5) is 0. The number of aryl methyl sites for hydroxylation is 2. The monoisotopic (exact) mass is 299 g/mol. The molecule has 2 heteroatoms. The molecule has 0 fully saturated rings. The largest absolute Gasteiger partial charge is 0.212 e. The van der Waals surface area contributed by atoms with Crippen molar-refractivity contribution in [1.29, 1.82) is 0 Å². The molecule has 0 atom stereocenters. The molecule has 2 aromatic rings. The highest BCUT2D eigenvalue weighted by Crippen LogP contribution is 2.24. The summed E-state index contributed by atoms with van der Waals surface area (Å²) in [7, 11) is 0.844. The van der Waals surface area contributed by atoms with Crippen LogP contribution in [-0.4, -0.2) is 8.07 Å². The molecular formula is C19H28NSi+. The van der Waals surface area contributed by atoms with E-state index in [9.17, 15) is 0 Å². The van der Waals surface area contributed by atoms with Gasteiger partial charge in [0.15, 0.2) is 6.20 Å². The zero-order valence-electron chi connectivity index (χ0n) is 15.4. The summed E-state index contributed by atoms with van der Waals surface area (Å²) in [5, 5.41) is 1.47. The van der Waals surface area contributed by atoms with Gasteiger partial charge < -0.3 is 0 Å². The van der Waals surface area contributed by atoms with Crippen molar-refractivity contribution in [3.8, 4) is 11.3 Å². The van der Waals surface area contributed by atoms with Crippen LogP contribution in [0.4, 0.5) is 0 Å². The lowest BCUT2D eigenvalue weighted by Crippen LogP contribution is -2.44. The lowest BCUT2D eigenvalue weighted by atomic mass is 9.96. The van der Waals surface area contributed by atoms with Gasteiger partial charge in [0, 0.05) is 18.2 Å². The number of benzene rings is 1. The molecule has 0 amide bonds. The van der Waals surface area contributed by atoms with E-state index < -0.39 is 14.0 Å². The summed E-state index contributed by atoms with van der Waals surface area (Å²) in [6.07, 6.45) is 2.28. The first kappa shape index (κ1) is 14.5. The van der Waals surface area contributed by atoms with Gasteiger partial charge in [0.05, 0.1) is 8.07 Å². The highest BCUT2D eigenvalue weighted by molar-refractivity contribution is 6.88. The summed E-state index contributed by atoms with van der Waals surface area (Å²) in [5.41, 5.74) is 4.77. The average Bonchev–Trinajstić information content (AvgIpc) is 2.37. The minimum atomic E-state index is -1.28. The molecule has 1 nitrogen and oxygen atoms in total. The second kappa shape index (κ2) is 5.76. The Morgan fingerprint density at radius 3 is 2.24 bits per heavy atom. The summed E-state index contributed by atoms with van der Waals surface area (Å²) in [5.74, 6) is -0.548. The number of hydrogen-bond donors (Lipinski definition) is 0. The molecule has 0 radical (unpaired) electrons. The van der Waals surface area contributed by atoms with E-state index in [-0.39, 0.29) is 0 Å². The van der Waals surface area contributed by atoms with Crippen molar-refractivity contribution in [2.24, 2.45) is 7.05 Å². The molecule has 0 aliphatic rings. The predicted octanol–water partition coefficient (Wildman–Crippen LogP) is 4.16. The maximum Gasteiger partial charge on any atom is 0.212 e. The molecule has 0 bridgehead atoms. The predicted molar refractivity (Wildman–Crippen MR) is 94.9 cm³/mol. The van der Waals surface area contributed by atoms with Gasteiger partial charge in [0.2, 0.25) is 5.69 Å². The van der Waals surface area contributed by atoms with Crippen LogP contribution in [0.25, 0.3) is 11.3 Å². The molecule has 1 heterocycles. The number of nitrogens with zero attached hydrogens (tertiary/aromatic N) is 1. The zero-order chi connectivity index (χ0) is 16.7. The topological polar surface area (TPSA) is 3.88 Å². The highest BCUT2D eigenvalue weighted by Gasteiger charge is 2.21. The Morgan fingerprint density at radius 2 is 1.76 bits per heavy atom. The third-order valence-electron chi connectivity index (χ3n) is 4.08. The van der Waals surface area contributed by atoms with Crippen LogP contribution >= 0.6 is 0 Å². The van der Waals surface area contributed by atoms with E-state index in [4.69, 9.17) is 1.37 Å². The van der Waals surface area contributed by atoms with Gasteiger partial charge in [0.1, 0.15) is 7.05 Å².